The van der Waals surface area contributed by atoms with E-state index in [9.17, 15) is 20.4 Å². The molecule has 4 rings (SSSR count). The first-order valence-electron chi connectivity index (χ1n) is 10.9. The minimum Gasteiger partial charge on any atom is -0.508 e. The molecule has 0 aliphatic heterocycles. The van der Waals surface area contributed by atoms with Crippen LogP contribution < -0.4 is 0 Å². The number of hydrogen-bond donors (Lipinski definition) is 4. The highest BCUT2D eigenvalue weighted by Gasteiger charge is 2.40. The van der Waals surface area contributed by atoms with Gasteiger partial charge in [-0.1, -0.05) is 55.5 Å². The Labute approximate surface area is 194 Å². The summed E-state index contributed by atoms with van der Waals surface area (Å²) >= 11 is 0. The molecule has 0 unspecified atom stereocenters. The minimum atomic E-state index is -0.620. The molecule has 4 nitrogen and oxygen atoms in total. The van der Waals surface area contributed by atoms with Crippen molar-refractivity contribution in [3.63, 3.8) is 0 Å². The van der Waals surface area contributed by atoms with Crippen LogP contribution in [0, 0.1) is 13.8 Å². The SMILES string of the molecule is Cc1cc(C(C)(c2ccc(O)c(C)c2)C(c2ccc(O)cc2)c2ccc(O)cc2)ccc1O. The summed E-state index contributed by atoms with van der Waals surface area (Å²) in [5.74, 6) is 0.630. The summed E-state index contributed by atoms with van der Waals surface area (Å²) in [6, 6.07) is 25.6. The first kappa shape index (κ1) is 22.3. The predicted octanol–water partition coefficient (Wildman–Crippen LogP) is 6.26. The third kappa shape index (κ3) is 4.12. The van der Waals surface area contributed by atoms with E-state index in [4.69, 9.17) is 0 Å². The summed E-state index contributed by atoms with van der Waals surface area (Å²) in [7, 11) is 0. The van der Waals surface area contributed by atoms with Gasteiger partial charge in [0.1, 0.15) is 23.0 Å². The fraction of sp³-hybridized carbons (Fsp3) is 0.172. The van der Waals surface area contributed by atoms with Crippen molar-refractivity contribution in [1.82, 2.24) is 0 Å². The van der Waals surface area contributed by atoms with Crippen LogP contribution in [0.15, 0.2) is 84.9 Å². The van der Waals surface area contributed by atoms with Gasteiger partial charge >= 0.3 is 0 Å². The van der Waals surface area contributed by atoms with Gasteiger partial charge in [0.15, 0.2) is 0 Å². The number of aryl methyl sites for hydroxylation is 2. The van der Waals surface area contributed by atoms with Crippen molar-refractivity contribution in [2.75, 3.05) is 0 Å². The number of hydrogen-bond acceptors (Lipinski definition) is 4. The zero-order chi connectivity index (χ0) is 23.8. The van der Waals surface area contributed by atoms with Gasteiger partial charge < -0.3 is 20.4 Å². The van der Waals surface area contributed by atoms with E-state index in [0.29, 0.717) is 0 Å². The first-order valence-corrected chi connectivity index (χ1v) is 10.9. The summed E-state index contributed by atoms with van der Waals surface area (Å²) in [6.07, 6.45) is 0. The lowest BCUT2D eigenvalue weighted by atomic mass is 9.62. The number of phenols is 4. The van der Waals surface area contributed by atoms with Crippen LogP contribution >= 0.6 is 0 Å². The Morgan fingerprint density at radius 1 is 0.545 bits per heavy atom. The van der Waals surface area contributed by atoms with Crippen LogP contribution in [0.1, 0.15) is 46.2 Å². The van der Waals surface area contributed by atoms with Gasteiger partial charge in [0.2, 0.25) is 0 Å². The molecule has 168 valence electrons. The van der Waals surface area contributed by atoms with Crippen molar-refractivity contribution < 1.29 is 20.4 Å². The number of rotatable bonds is 5. The maximum Gasteiger partial charge on any atom is 0.118 e. The van der Waals surface area contributed by atoms with E-state index in [1.807, 2.05) is 62.4 Å². The summed E-state index contributed by atoms with van der Waals surface area (Å²) in [5, 5.41) is 40.3. The Bertz CT molecular complexity index is 1180. The van der Waals surface area contributed by atoms with Crippen molar-refractivity contribution in [1.29, 1.82) is 0 Å². The van der Waals surface area contributed by atoms with E-state index in [-0.39, 0.29) is 28.9 Å². The van der Waals surface area contributed by atoms with Crippen LogP contribution in [0.4, 0.5) is 0 Å². The van der Waals surface area contributed by atoms with Crippen molar-refractivity contribution in [2.24, 2.45) is 0 Å². The quantitative estimate of drug-likeness (QED) is 0.295. The highest BCUT2D eigenvalue weighted by atomic mass is 16.3. The zero-order valence-corrected chi connectivity index (χ0v) is 18.9. The lowest BCUT2D eigenvalue weighted by Crippen LogP contribution is -2.33. The Balaban J connectivity index is 2.06. The van der Waals surface area contributed by atoms with Gasteiger partial charge in [-0.15, -0.1) is 0 Å². The molecule has 4 aromatic carbocycles. The highest BCUT2D eigenvalue weighted by Crippen LogP contribution is 2.49. The maximum absolute atomic E-state index is 10.2. The molecule has 0 heterocycles. The van der Waals surface area contributed by atoms with E-state index in [1.54, 1.807) is 36.4 Å². The van der Waals surface area contributed by atoms with Gasteiger partial charge in [0, 0.05) is 11.3 Å². The average molecular weight is 441 g/mol. The van der Waals surface area contributed by atoms with Crippen LogP contribution in [0.3, 0.4) is 0 Å². The fourth-order valence-electron chi connectivity index (χ4n) is 4.65. The lowest BCUT2D eigenvalue weighted by molar-refractivity contribution is 0.460. The molecule has 4 N–H and O–H groups in total. The Morgan fingerprint density at radius 3 is 1.24 bits per heavy atom. The molecule has 4 aromatic rings. The molecule has 0 atom stereocenters. The number of phenolic OH excluding ortho intramolecular Hbond substituents is 4. The molecule has 0 aromatic heterocycles. The smallest absolute Gasteiger partial charge is 0.118 e. The number of benzene rings is 4. The molecule has 0 spiro atoms. The van der Waals surface area contributed by atoms with Crippen molar-refractivity contribution >= 4 is 0 Å². The van der Waals surface area contributed by atoms with E-state index in [1.165, 1.54) is 0 Å². The van der Waals surface area contributed by atoms with Crippen molar-refractivity contribution in [3.8, 4) is 23.0 Å². The zero-order valence-electron chi connectivity index (χ0n) is 18.9. The Hall–Kier alpha value is -3.92. The van der Waals surface area contributed by atoms with Crippen LogP contribution in [0.5, 0.6) is 23.0 Å². The van der Waals surface area contributed by atoms with E-state index in [0.717, 1.165) is 33.4 Å². The number of aromatic hydroxyl groups is 4. The molecule has 33 heavy (non-hydrogen) atoms. The van der Waals surface area contributed by atoms with Crippen LogP contribution in [-0.2, 0) is 5.41 Å². The van der Waals surface area contributed by atoms with E-state index in [2.05, 4.69) is 6.92 Å². The molecular formula is C29H28O4. The third-order valence-electron chi connectivity index (χ3n) is 6.62. The summed E-state index contributed by atoms with van der Waals surface area (Å²) in [5.41, 5.74) is 4.87. The fourth-order valence-corrected chi connectivity index (χ4v) is 4.65. The molecule has 4 heteroatoms. The molecule has 0 saturated heterocycles. The minimum absolute atomic E-state index is 0.186. The second-order valence-corrected chi connectivity index (χ2v) is 8.82. The summed E-state index contributed by atoms with van der Waals surface area (Å²) in [4.78, 5) is 0. The molecule has 0 aliphatic rings. The van der Waals surface area contributed by atoms with Gasteiger partial charge in [0.05, 0.1) is 0 Å². The van der Waals surface area contributed by atoms with E-state index >= 15 is 0 Å². The van der Waals surface area contributed by atoms with Gasteiger partial charge in [-0.3, -0.25) is 0 Å². The summed E-state index contributed by atoms with van der Waals surface area (Å²) < 4.78 is 0. The van der Waals surface area contributed by atoms with Gasteiger partial charge in [-0.05, 0) is 83.6 Å². The second kappa shape index (κ2) is 8.55. The maximum atomic E-state index is 10.2. The van der Waals surface area contributed by atoms with Crippen molar-refractivity contribution in [2.45, 2.75) is 32.1 Å². The molecular weight excluding hydrogens is 412 g/mol. The molecule has 0 aliphatic carbocycles. The second-order valence-electron chi connectivity index (χ2n) is 8.82. The molecule has 0 fully saturated rings. The van der Waals surface area contributed by atoms with E-state index < -0.39 is 5.41 Å². The largest absolute Gasteiger partial charge is 0.508 e. The monoisotopic (exact) mass is 440 g/mol. The standard InChI is InChI=1S/C29H28O4/c1-18-16-22(8-14-26(18)32)29(3,23-9-15-27(33)19(2)17-23)28(20-4-10-24(30)11-5-20)21-6-12-25(31)13-7-21/h4-17,28,30-33H,1-3H3. The van der Waals surface area contributed by atoms with Gasteiger partial charge in [-0.25, -0.2) is 0 Å². The van der Waals surface area contributed by atoms with Crippen molar-refractivity contribution in [3.05, 3.63) is 118 Å². The first-order chi connectivity index (χ1) is 15.7. The molecule has 0 saturated carbocycles. The van der Waals surface area contributed by atoms with Crippen LogP contribution in [0.2, 0.25) is 0 Å². The van der Waals surface area contributed by atoms with Gasteiger partial charge in [-0.2, -0.15) is 0 Å². The third-order valence-corrected chi connectivity index (χ3v) is 6.62. The molecule has 0 radical (unpaired) electrons. The average Bonchev–Trinajstić information content (AvgIpc) is 2.80. The normalized spacial score (nSPS) is 11.6. The van der Waals surface area contributed by atoms with Crippen LogP contribution in [-0.4, -0.2) is 20.4 Å². The lowest BCUT2D eigenvalue weighted by Gasteiger charge is -2.40. The highest BCUT2D eigenvalue weighted by molar-refractivity contribution is 5.54. The Kier molecular flexibility index (Phi) is 5.77. The predicted molar refractivity (Wildman–Crippen MR) is 130 cm³/mol. The van der Waals surface area contributed by atoms with Gasteiger partial charge in [0.25, 0.3) is 0 Å². The molecule has 0 amide bonds. The summed E-state index contributed by atoms with van der Waals surface area (Å²) in [6.45, 7) is 5.89. The Morgan fingerprint density at radius 2 is 0.909 bits per heavy atom. The molecule has 0 bridgehead atoms. The topological polar surface area (TPSA) is 80.9 Å². The van der Waals surface area contributed by atoms with Crippen LogP contribution in [0.25, 0.3) is 0 Å².